The molecule has 140 valence electrons. The van der Waals surface area contributed by atoms with Crippen LogP contribution in [0, 0.1) is 0 Å². The second-order valence-electron chi connectivity index (χ2n) is 6.95. The van der Waals surface area contributed by atoms with Crippen LogP contribution in [-0.2, 0) is 22.6 Å². The summed E-state index contributed by atoms with van der Waals surface area (Å²) in [4.78, 5) is 26.9. The lowest BCUT2D eigenvalue weighted by atomic mass is 9.98. The zero-order valence-electron chi connectivity index (χ0n) is 15.2. The van der Waals surface area contributed by atoms with Gasteiger partial charge in [-0.1, -0.05) is 48.5 Å². The van der Waals surface area contributed by atoms with E-state index in [9.17, 15) is 9.59 Å². The van der Waals surface area contributed by atoms with E-state index >= 15 is 0 Å². The van der Waals surface area contributed by atoms with E-state index in [1.165, 1.54) is 16.0 Å². The number of ether oxygens (including phenoxy) is 1. The first kappa shape index (κ1) is 17.7. The smallest absolute Gasteiger partial charge is 0.324 e. The first-order chi connectivity index (χ1) is 13.2. The Kier molecular flexibility index (Phi) is 5.18. The van der Waals surface area contributed by atoms with Gasteiger partial charge < -0.3 is 9.64 Å². The molecule has 2 aromatic carbocycles. The molecule has 0 bridgehead atoms. The summed E-state index contributed by atoms with van der Waals surface area (Å²) in [6, 6.07) is 16.4. The minimum atomic E-state index is -0.320. The molecule has 1 N–H and O–H groups in total. The third kappa shape index (κ3) is 4.18. The average molecular weight is 365 g/mol. The van der Waals surface area contributed by atoms with E-state index in [-0.39, 0.29) is 18.5 Å². The molecule has 6 nitrogen and oxygen atoms in total. The number of amides is 3. The second kappa shape index (κ2) is 7.90. The molecule has 2 aliphatic rings. The van der Waals surface area contributed by atoms with Crippen molar-refractivity contribution in [2.24, 2.45) is 0 Å². The molecule has 3 amide bonds. The lowest BCUT2D eigenvalue weighted by molar-refractivity contribution is -0.118. The summed E-state index contributed by atoms with van der Waals surface area (Å²) in [5.74, 6) is -0.242. The van der Waals surface area contributed by atoms with Crippen LogP contribution in [-0.4, -0.2) is 54.6 Å². The Labute approximate surface area is 158 Å². The molecular weight excluding hydrogens is 342 g/mol. The summed E-state index contributed by atoms with van der Waals surface area (Å²) in [5, 5.41) is 2.31. The van der Waals surface area contributed by atoms with Gasteiger partial charge in [-0.05, 0) is 22.3 Å². The summed E-state index contributed by atoms with van der Waals surface area (Å²) in [7, 11) is 0. The van der Waals surface area contributed by atoms with Crippen molar-refractivity contribution in [2.45, 2.75) is 13.1 Å². The van der Waals surface area contributed by atoms with Crippen LogP contribution in [0.3, 0.4) is 0 Å². The van der Waals surface area contributed by atoms with Crippen molar-refractivity contribution in [2.75, 3.05) is 32.8 Å². The highest BCUT2D eigenvalue weighted by molar-refractivity contribution is 6.01. The summed E-state index contributed by atoms with van der Waals surface area (Å²) < 4.78 is 5.44. The van der Waals surface area contributed by atoms with Crippen molar-refractivity contribution in [3.05, 3.63) is 59.7 Å². The number of morpholine rings is 1. The van der Waals surface area contributed by atoms with Crippen molar-refractivity contribution in [1.82, 2.24) is 15.1 Å². The van der Waals surface area contributed by atoms with Gasteiger partial charge in [0.15, 0.2) is 0 Å². The number of benzene rings is 2. The number of urea groups is 1. The number of nitrogens with one attached hydrogen (secondary N) is 1. The molecule has 2 aliphatic heterocycles. The van der Waals surface area contributed by atoms with Crippen LogP contribution >= 0.6 is 0 Å². The highest BCUT2D eigenvalue weighted by atomic mass is 16.5. The summed E-state index contributed by atoms with van der Waals surface area (Å²) in [6.07, 6.45) is 0. The van der Waals surface area contributed by atoms with Crippen LogP contribution in [0.25, 0.3) is 11.1 Å². The van der Waals surface area contributed by atoms with E-state index in [1.807, 2.05) is 12.1 Å². The molecule has 2 aromatic rings. The molecule has 0 atom stereocenters. The largest absolute Gasteiger partial charge is 0.379 e. The SMILES string of the molecule is O=C1CN(Cc2ccc(-c3ccccc3CN3CCOCC3)cc2)C(=O)N1. The van der Waals surface area contributed by atoms with Gasteiger partial charge in [0, 0.05) is 26.2 Å². The van der Waals surface area contributed by atoms with Crippen molar-refractivity contribution in [3.8, 4) is 11.1 Å². The molecule has 2 saturated heterocycles. The van der Waals surface area contributed by atoms with Gasteiger partial charge in [0.1, 0.15) is 6.54 Å². The molecule has 2 heterocycles. The quantitative estimate of drug-likeness (QED) is 0.826. The molecule has 0 aromatic heterocycles. The highest BCUT2D eigenvalue weighted by Crippen LogP contribution is 2.26. The molecule has 0 saturated carbocycles. The standard InChI is InChI=1S/C21H23N3O3/c25-20-15-24(21(26)22-20)13-16-5-7-17(8-6-16)19-4-2-1-3-18(19)14-23-9-11-27-12-10-23/h1-8H,9-15H2,(H,22,25,26). The molecular formula is C21H23N3O3. The maximum Gasteiger partial charge on any atom is 0.324 e. The summed E-state index contributed by atoms with van der Waals surface area (Å²) in [5.41, 5.74) is 4.69. The number of hydrogen-bond acceptors (Lipinski definition) is 4. The number of nitrogens with zero attached hydrogens (tertiary/aromatic N) is 2. The van der Waals surface area contributed by atoms with Gasteiger partial charge in [-0.2, -0.15) is 0 Å². The molecule has 6 heteroatoms. The zero-order valence-corrected chi connectivity index (χ0v) is 15.2. The Morgan fingerprint density at radius 2 is 1.67 bits per heavy atom. The fourth-order valence-corrected chi connectivity index (χ4v) is 3.56. The van der Waals surface area contributed by atoms with Crippen LogP contribution in [0.15, 0.2) is 48.5 Å². The van der Waals surface area contributed by atoms with Crippen molar-refractivity contribution in [1.29, 1.82) is 0 Å². The third-order valence-corrected chi connectivity index (χ3v) is 5.02. The Morgan fingerprint density at radius 3 is 2.37 bits per heavy atom. The lowest BCUT2D eigenvalue weighted by Crippen LogP contribution is -2.35. The van der Waals surface area contributed by atoms with Gasteiger partial charge in [-0.3, -0.25) is 15.0 Å². The molecule has 0 unspecified atom stereocenters. The Morgan fingerprint density at radius 1 is 0.926 bits per heavy atom. The van der Waals surface area contributed by atoms with Crippen LogP contribution in [0.5, 0.6) is 0 Å². The van der Waals surface area contributed by atoms with Crippen LogP contribution in [0.4, 0.5) is 4.79 Å². The number of carbonyl (C=O) groups is 2. The average Bonchev–Trinajstić information content (AvgIpc) is 3.01. The monoisotopic (exact) mass is 365 g/mol. The van der Waals surface area contributed by atoms with Crippen molar-refractivity contribution >= 4 is 11.9 Å². The fraction of sp³-hybridized carbons (Fsp3) is 0.333. The molecule has 2 fully saturated rings. The van der Waals surface area contributed by atoms with Crippen LogP contribution < -0.4 is 5.32 Å². The third-order valence-electron chi connectivity index (χ3n) is 5.02. The van der Waals surface area contributed by atoms with Gasteiger partial charge in [0.2, 0.25) is 5.91 Å². The minimum absolute atomic E-state index is 0.128. The highest BCUT2D eigenvalue weighted by Gasteiger charge is 2.26. The maximum atomic E-state index is 11.7. The molecule has 27 heavy (non-hydrogen) atoms. The van der Waals surface area contributed by atoms with Crippen molar-refractivity contribution < 1.29 is 14.3 Å². The first-order valence-corrected chi connectivity index (χ1v) is 9.25. The first-order valence-electron chi connectivity index (χ1n) is 9.25. The number of imide groups is 1. The number of carbonyl (C=O) groups excluding carboxylic acids is 2. The Hall–Kier alpha value is -2.70. The zero-order chi connectivity index (χ0) is 18.6. The molecule has 4 rings (SSSR count). The number of rotatable bonds is 5. The predicted molar refractivity (Wildman–Crippen MR) is 102 cm³/mol. The molecule has 0 aliphatic carbocycles. The van der Waals surface area contributed by atoms with E-state index in [4.69, 9.17) is 4.74 Å². The van der Waals surface area contributed by atoms with Crippen LogP contribution in [0.1, 0.15) is 11.1 Å². The topological polar surface area (TPSA) is 61.9 Å². The maximum absolute atomic E-state index is 11.7. The van der Waals surface area contributed by atoms with Gasteiger partial charge in [-0.15, -0.1) is 0 Å². The lowest BCUT2D eigenvalue weighted by Gasteiger charge is -2.27. The van der Waals surface area contributed by atoms with E-state index < -0.39 is 0 Å². The van der Waals surface area contributed by atoms with E-state index in [0.717, 1.165) is 44.0 Å². The van der Waals surface area contributed by atoms with E-state index in [0.29, 0.717) is 6.54 Å². The van der Waals surface area contributed by atoms with Crippen LogP contribution in [0.2, 0.25) is 0 Å². The molecule has 0 spiro atoms. The van der Waals surface area contributed by atoms with Gasteiger partial charge in [-0.25, -0.2) is 4.79 Å². The Balaban J connectivity index is 1.48. The second-order valence-corrected chi connectivity index (χ2v) is 6.95. The molecule has 0 radical (unpaired) electrons. The number of hydrogen-bond donors (Lipinski definition) is 1. The Bertz CT molecular complexity index is 829. The van der Waals surface area contributed by atoms with Gasteiger partial charge >= 0.3 is 6.03 Å². The normalized spacial score (nSPS) is 18.0. The van der Waals surface area contributed by atoms with Gasteiger partial charge in [0.05, 0.1) is 13.2 Å². The predicted octanol–water partition coefficient (Wildman–Crippen LogP) is 2.24. The van der Waals surface area contributed by atoms with Crippen molar-refractivity contribution in [3.63, 3.8) is 0 Å². The summed E-state index contributed by atoms with van der Waals surface area (Å²) in [6.45, 7) is 4.99. The van der Waals surface area contributed by atoms with E-state index in [1.54, 1.807) is 0 Å². The minimum Gasteiger partial charge on any atom is -0.379 e. The van der Waals surface area contributed by atoms with Gasteiger partial charge in [0.25, 0.3) is 0 Å². The summed E-state index contributed by atoms with van der Waals surface area (Å²) >= 11 is 0. The fourth-order valence-electron chi connectivity index (χ4n) is 3.56. The van der Waals surface area contributed by atoms with E-state index in [2.05, 4.69) is 46.6 Å².